The lowest BCUT2D eigenvalue weighted by Crippen LogP contribution is -2.33. The molecule has 2 heterocycles. The maximum atomic E-state index is 13.1. The number of fused-ring (bicyclic) bond motifs is 1. The predicted molar refractivity (Wildman–Crippen MR) is 113 cm³/mol. The molecular weight excluding hydrogens is 426 g/mol. The average Bonchev–Trinajstić information content (AvgIpc) is 3.15. The smallest absolute Gasteiger partial charge is 0.243 e. The molecule has 0 fully saturated rings. The van der Waals surface area contributed by atoms with E-state index in [1.807, 2.05) is 19.9 Å². The fraction of sp³-hybridized carbons (Fsp3) is 0.333. The SMILES string of the molecule is CN(Cc1nc(-c2ccccc2Cl)no1)S(=O)(=O)c1ccc2c(c1)CCC(C)(C)O2. The van der Waals surface area contributed by atoms with Gasteiger partial charge in [0.1, 0.15) is 11.4 Å². The minimum Gasteiger partial charge on any atom is -0.488 e. The van der Waals surface area contributed by atoms with Crippen LogP contribution >= 0.6 is 11.6 Å². The van der Waals surface area contributed by atoms with Crippen molar-refractivity contribution in [3.8, 4) is 17.1 Å². The Balaban J connectivity index is 1.54. The first-order chi connectivity index (χ1) is 14.2. The molecule has 1 aromatic heterocycles. The highest BCUT2D eigenvalue weighted by Gasteiger charge is 2.29. The quantitative estimate of drug-likeness (QED) is 0.579. The van der Waals surface area contributed by atoms with Crippen LogP contribution in [0, 0.1) is 0 Å². The van der Waals surface area contributed by atoms with Crippen LogP contribution in [0.2, 0.25) is 5.02 Å². The number of hydrogen-bond acceptors (Lipinski definition) is 6. The molecule has 0 N–H and O–H groups in total. The van der Waals surface area contributed by atoms with Crippen molar-refractivity contribution in [2.24, 2.45) is 0 Å². The minimum atomic E-state index is -3.74. The van der Waals surface area contributed by atoms with E-state index in [4.69, 9.17) is 20.9 Å². The topological polar surface area (TPSA) is 85.5 Å². The molecule has 1 aliphatic heterocycles. The third-order valence-electron chi connectivity index (χ3n) is 5.06. The van der Waals surface area contributed by atoms with Crippen molar-refractivity contribution >= 4 is 21.6 Å². The molecule has 0 saturated carbocycles. The van der Waals surface area contributed by atoms with Crippen LogP contribution in [0.25, 0.3) is 11.4 Å². The molecule has 0 amide bonds. The lowest BCUT2D eigenvalue weighted by Gasteiger charge is -2.32. The number of nitrogens with zero attached hydrogens (tertiary/aromatic N) is 3. The molecular formula is C21H22ClN3O4S. The third kappa shape index (κ3) is 4.08. The summed E-state index contributed by atoms with van der Waals surface area (Å²) < 4.78 is 38.5. The molecule has 3 aromatic rings. The first kappa shape index (κ1) is 20.8. The van der Waals surface area contributed by atoms with Gasteiger partial charge in [-0.2, -0.15) is 9.29 Å². The van der Waals surface area contributed by atoms with E-state index in [2.05, 4.69) is 10.1 Å². The Morgan fingerprint density at radius 1 is 1.20 bits per heavy atom. The van der Waals surface area contributed by atoms with Crippen molar-refractivity contribution in [3.05, 3.63) is 58.9 Å². The van der Waals surface area contributed by atoms with E-state index >= 15 is 0 Å². The molecule has 9 heteroatoms. The average molecular weight is 448 g/mol. The number of aryl methyl sites for hydroxylation is 1. The summed E-state index contributed by atoms with van der Waals surface area (Å²) in [6.07, 6.45) is 1.59. The van der Waals surface area contributed by atoms with Crippen LogP contribution in [0.3, 0.4) is 0 Å². The van der Waals surface area contributed by atoms with Gasteiger partial charge in [0, 0.05) is 12.6 Å². The molecule has 1 aliphatic rings. The van der Waals surface area contributed by atoms with Crippen molar-refractivity contribution in [1.82, 2.24) is 14.4 Å². The maximum Gasteiger partial charge on any atom is 0.243 e. The van der Waals surface area contributed by atoms with Gasteiger partial charge in [0.25, 0.3) is 0 Å². The first-order valence-electron chi connectivity index (χ1n) is 9.51. The number of benzene rings is 2. The fourth-order valence-corrected chi connectivity index (χ4v) is 4.71. The van der Waals surface area contributed by atoms with E-state index in [0.717, 1.165) is 24.2 Å². The van der Waals surface area contributed by atoms with E-state index in [-0.39, 0.29) is 22.9 Å². The molecule has 0 atom stereocenters. The third-order valence-corrected chi connectivity index (χ3v) is 7.19. The van der Waals surface area contributed by atoms with E-state index < -0.39 is 10.0 Å². The number of ether oxygens (including phenoxy) is 1. The van der Waals surface area contributed by atoms with E-state index in [0.29, 0.717) is 16.4 Å². The van der Waals surface area contributed by atoms with E-state index in [1.165, 1.54) is 11.4 Å². The van der Waals surface area contributed by atoms with Crippen molar-refractivity contribution in [3.63, 3.8) is 0 Å². The Morgan fingerprint density at radius 3 is 2.73 bits per heavy atom. The van der Waals surface area contributed by atoms with Gasteiger partial charge in [-0.1, -0.05) is 28.9 Å². The van der Waals surface area contributed by atoms with Gasteiger partial charge in [0.2, 0.25) is 21.7 Å². The van der Waals surface area contributed by atoms with Gasteiger partial charge >= 0.3 is 0 Å². The summed E-state index contributed by atoms with van der Waals surface area (Å²) in [4.78, 5) is 4.49. The lowest BCUT2D eigenvalue weighted by atomic mass is 9.94. The highest BCUT2D eigenvalue weighted by atomic mass is 35.5. The zero-order valence-corrected chi connectivity index (χ0v) is 18.5. The van der Waals surface area contributed by atoms with Crippen LogP contribution in [0.4, 0.5) is 0 Å². The van der Waals surface area contributed by atoms with Crippen LogP contribution in [-0.4, -0.2) is 35.5 Å². The summed E-state index contributed by atoms with van der Waals surface area (Å²) >= 11 is 6.16. The van der Waals surface area contributed by atoms with Crippen LogP contribution in [0.1, 0.15) is 31.7 Å². The summed E-state index contributed by atoms with van der Waals surface area (Å²) in [5.74, 6) is 1.23. The second-order valence-corrected chi connectivity index (χ2v) is 10.3. The second kappa shape index (κ2) is 7.68. The monoisotopic (exact) mass is 447 g/mol. The Bertz CT molecular complexity index is 1190. The number of halogens is 1. The minimum absolute atomic E-state index is 0.0552. The Hall–Kier alpha value is -2.42. The Labute approximate surface area is 180 Å². The number of hydrogen-bond donors (Lipinski definition) is 0. The molecule has 30 heavy (non-hydrogen) atoms. The summed E-state index contributed by atoms with van der Waals surface area (Å²) in [7, 11) is -2.26. The molecule has 0 spiro atoms. The molecule has 0 unspecified atom stereocenters. The maximum absolute atomic E-state index is 13.1. The van der Waals surface area contributed by atoms with Gasteiger partial charge in [-0.05, 0) is 62.6 Å². The molecule has 158 valence electrons. The standard InChI is InChI=1S/C21H22ClN3O4S/c1-21(2)11-10-14-12-15(8-9-18(14)28-21)30(26,27)25(3)13-19-23-20(24-29-19)16-6-4-5-7-17(16)22/h4-9,12H,10-11,13H2,1-3H3. The fourth-order valence-electron chi connectivity index (χ4n) is 3.32. The molecule has 0 saturated heterocycles. The second-order valence-electron chi connectivity index (χ2n) is 7.88. The summed E-state index contributed by atoms with van der Waals surface area (Å²) in [5.41, 5.74) is 1.27. The molecule has 0 radical (unpaired) electrons. The molecule has 7 nitrogen and oxygen atoms in total. The van der Waals surface area contributed by atoms with Crippen molar-refractivity contribution in [2.75, 3.05) is 7.05 Å². The van der Waals surface area contributed by atoms with Crippen LogP contribution in [0.5, 0.6) is 5.75 Å². The summed E-state index contributed by atoms with van der Waals surface area (Å²) in [6, 6.07) is 12.1. The number of rotatable bonds is 5. The van der Waals surface area contributed by atoms with Crippen molar-refractivity contribution in [1.29, 1.82) is 0 Å². The van der Waals surface area contributed by atoms with Gasteiger partial charge in [-0.3, -0.25) is 0 Å². The van der Waals surface area contributed by atoms with Gasteiger partial charge in [-0.25, -0.2) is 8.42 Å². The number of aromatic nitrogens is 2. The Morgan fingerprint density at radius 2 is 1.97 bits per heavy atom. The molecule has 0 bridgehead atoms. The van der Waals surface area contributed by atoms with E-state index in [1.54, 1.807) is 36.4 Å². The zero-order valence-electron chi connectivity index (χ0n) is 16.9. The van der Waals surface area contributed by atoms with Crippen LogP contribution in [-0.2, 0) is 23.0 Å². The molecule has 0 aliphatic carbocycles. The van der Waals surface area contributed by atoms with Gasteiger partial charge in [-0.15, -0.1) is 0 Å². The predicted octanol–water partition coefficient (Wildman–Crippen LogP) is 4.31. The normalized spacial score (nSPS) is 15.6. The number of sulfonamides is 1. The largest absolute Gasteiger partial charge is 0.488 e. The van der Waals surface area contributed by atoms with Gasteiger partial charge in [0.15, 0.2) is 0 Å². The zero-order chi connectivity index (χ0) is 21.5. The highest BCUT2D eigenvalue weighted by molar-refractivity contribution is 7.89. The van der Waals surface area contributed by atoms with Crippen LogP contribution in [0.15, 0.2) is 51.9 Å². The van der Waals surface area contributed by atoms with Crippen molar-refractivity contribution < 1.29 is 17.7 Å². The van der Waals surface area contributed by atoms with Crippen molar-refractivity contribution in [2.45, 2.75) is 43.7 Å². The lowest BCUT2D eigenvalue weighted by molar-refractivity contribution is 0.0845. The first-order valence-corrected chi connectivity index (χ1v) is 11.3. The highest BCUT2D eigenvalue weighted by Crippen LogP contribution is 2.35. The molecule has 4 rings (SSSR count). The van der Waals surface area contributed by atoms with Gasteiger partial charge < -0.3 is 9.26 Å². The van der Waals surface area contributed by atoms with Crippen LogP contribution < -0.4 is 4.74 Å². The Kier molecular flexibility index (Phi) is 5.34. The van der Waals surface area contributed by atoms with E-state index in [9.17, 15) is 8.42 Å². The summed E-state index contributed by atoms with van der Waals surface area (Å²) in [6.45, 7) is 3.99. The molecule has 2 aromatic carbocycles. The van der Waals surface area contributed by atoms with Gasteiger partial charge in [0.05, 0.1) is 16.5 Å². The summed E-state index contributed by atoms with van der Waals surface area (Å²) in [5, 5.41) is 4.41.